The Bertz CT molecular complexity index is 289. The van der Waals surface area contributed by atoms with Crippen LogP contribution in [0.1, 0.15) is 65.2 Å². The lowest BCUT2D eigenvalue weighted by atomic mass is 9.89. The minimum absolute atomic E-state index is 0.808. The summed E-state index contributed by atoms with van der Waals surface area (Å²) in [6, 6.07) is 2.50. The summed E-state index contributed by atoms with van der Waals surface area (Å²) in [6.07, 6.45) is 11.5. The van der Waals surface area contributed by atoms with E-state index in [0.717, 1.165) is 30.0 Å². The molecule has 4 atom stereocenters. The van der Waals surface area contributed by atoms with Gasteiger partial charge in [0.1, 0.15) is 0 Å². The van der Waals surface area contributed by atoms with Crippen LogP contribution in [0.15, 0.2) is 0 Å². The Labute approximate surface area is 119 Å². The number of nitrogens with zero attached hydrogens (tertiary/aromatic N) is 1. The maximum absolute atomic E-state index is 4.05. The first-order valence-electron chi connectivity index (χ1n) is 8.74. The van der Waals surface area contributed by atoms with Crippen molar-refractivity contribution in [2.45, 2.75) is 83.3 Å². The van der Waals surface area contributed by atoms with Crippen molar-refractivity contribution in [3.63, 3.8) is 0 Å². The van der Waals surface area contributed by atoms with Crippen molar-refractivity contribution >= 4 is 0 Å². The summed E-state index contributed by atoms with van der Waals surface area (Å²) in [5.41, 5.74) is 0. The fourth-order valence-corrected chi connectivity index (χ4v) is 4.74. The van der Waals surface area contributed by atoms with Crippen molar-refractivity contribution in [3.8, 4) is 0 Å². The van der Waals surface area contributed by atoms with E-state index < -0.39 is 0 Å². The Morgan fingerprint density at radius 3 is 2.63 bits per heavy atom. The summed E-state index contributed by atoms with van der Waals surface area (Å²) in [4.78, 5) is 2.73. The molecule has 1 N–H and O–H groups in total. The molecule has 19 heavy (non-hydrogen) atoms. The first-order valence-corrected chi connectivity index (χ1v) is 8.74. The van der Waals surface area contributed by atoms with E-state index in [4.69, 9.17) is 0 Å². The molecule has 0 aromatic rings. The summed E-state index contributed by atoms with van der Waals surface area (Å²) >= 11 is 0. The van der Waals surface area contributed by atoms with Crippen LogP contribution in [0.3, 0.4) is 0 Å². The normalized spacial score (nSPS) is 40.6. The number of hydrogen-bond acceptors (Lipinski definition) is 2. The van der Waals surface area contributed by atoms with Crippen LogP contribution in [-0.4, -0.2) is 36.1 Å². The highest BCUT2D eigenvalue weighted by molar-refractivity contribution is 4.97. The van der Waals surface area contributed by atoms with Crippen LogP contribution < -0.4 is 5.32 Å². The van der Waals surface area contributed by atoms with E-state index in [2.05, 4.69) is 24.1 Å². The van der Waals surface area contributed by atoms with E-state index in [1.165, 1.54) is 64.5 Å². The van der Waals surface area contributed by atoms with Crippen LogP contribution in [0, 0.1) is 11.8 Å². The molecule has 1 aliphatic carbocycles. The molecule has 2 saturated heterocycles. The van der Waals surface area contributed by atoms with Gasteiger partial charge in [-0.3, -0.25) is 4.90 Å². The first-order chi connectivity index (χ1) is 9.24. The standard InChI is InChI=1S/C17H32N2/c1-13(2)14-5-3-6-15(9-8-14)18-16-10-12-19-11-4-7-17(16)19/h13-18H,3-12H2,1-2H3. The maximum atomic E-state index is 4.05. The summed E-state index contributed by atoms with van der Waals surface area (Å²) in [5, 5.41) is 4.05. The quantitative estimate of drug-likeness (QED) is 0.786. The molecule has 2 nitrogen and oxygen atoms in total. The van der Waals surface area contributed by atoms with Crippen LogP contribution in [-0.2, 0) is 0 Å². The van der Waals surface area contributed by atoms with Gasteiger partial charge in [-0.05, 0) is 56.9 Å². The van der Waals surface area contributed by atoms with Crippen molar-refractivity contribution in [3.05, 3.63) is 0 Å². The van der Waals surface area contributed by atoms with Gasteiger partial charge in [-0.2, -0.15) is 0 Å². The van der Waals surface area contributed by atoms with Gasteiger partial charge in [0.05, 0.1) is 0 Å². The molecule has 1 saturated carbocycles. The van der Waals surface area contributed by atoms with Gasteiger partial charge >= 0.3 is 0 Å². The zero-order valence-corrected chi connectivity index (χ0v) is 12.9. The maximum Gasteiger partial charge on any atom is 0.0250 e. The van der Waals surface area contributed by atoms with E-state index in [1.54, 1.807) is 0 Å². The SMILES string of the molecule is CC(C)C1CCCC(NC2CCN3CCCC23)CC1. The highest BCUT2D eigenvalue weighted by atomic mass is 15.2. The Morgan fingerprint density at radius 1 is 0.895 bits per heavy atom. The van der Waals surface area contributed by atoms with E-state index >= 15 is 0 Å². The molecular weight excluding hydrogens is 232 g/mol. The van der Waals surface area contributed by atoms with E-state index in [1.807, 2.05) is 0 Å². The zero-order chi connectivity index (χ0) is 13.2. The predicted octanol–water partition coefficient (Wildman–Crippen LogP) is 3.42. The van der Waals surface area contributed by atoms with E-state index in [-0.39, 0.29) is 0 Å². The van der Waals surface area contributed by atoms with Gasteiger partial charge in [0.25, 0.3) is 0 Å². The third-order valence-corrected chi connectivity index (χ3v) is 6.01. The smallest absolute Gasteiger partial charge is 0.0250 e. The summed E-state index contributed by atoms with van der Waals surface area (Å²) < 4.78 is 0. The van der Waals surface area contributed by atoms with Crippen molar-refractivity contribution in [2.75, 3.05) is 13.1 Å². The summed E-state index contributed by atoms with van der Waals surface area (Å²) in [7, 11) is 0. The molecule has 3 rings (SSSR count). The number of rotatable bonds is 3. The molecule has 0 spiro atoms. The number of nitrogens with one attached hydrogen (secondary N) is 1. The minimum atomic E-state index is 0.808. The average molecular weight is 264 g/mol. The average Bonchev–Trinajstić information content (AvgIpc) is 2.89. The molecule has 0 aromatic heterocycles. The van der Waals surface area contributed by atoms with Crippen molar-refractivity contribution in [2.24, 2.45) is 11.8 Å². The van der Waals surface area contributed by atoms with Crippen LogP contribution in [0.2, 0.25) is 0 Å². The van der Waals surface area contributed by atoms with Gasteiger partial charge in [-0.25, -0.2) is 0 Å². The molecule has 4 unspecified atom stereocenters. The van der Waals surface area contributed by atoms with Crippen LogP contribution >= 0.6 is 0 Å². The van der Waals surface area contributed by atoms with E-state index in [0.29, 0.717) is 0 Å². The molecule has 3 aliphatic rings. The third kappa shape index (κ3) is 3.16. The molecule has 0 bridgehead atoms. The van der Waals surface area contributed by atoms with Gasteiger partial charge in [-0.1, -0.05) is 26.7 Å². The van der Waals surface area contributed by atoms with Crippen molar-refractivity contribution in [1.82, 2.24) is 10.2 Å². The monoisotopic (exact) mass is 264 g/mol. The molecule has 0 radical (unpaired) electrons. The Kier molecular flexibility index (Phi) is 4.48. The third-order valence-electron chi connectivity index (χ3n) is 6.01. The van der Waals surface area contributed by atoms with Gasteiger partial charge in [0, 0.05) is 24.7 Å². The molecule has 3 fully saturated rings. The first kappa shape index (κ1) is 13.9. The van der Waals surface area contributed by atoms with Crippen molar-refractivity contribution in [1.29, 1.82) is 0 Å². The molecule has 0 amide bonds. The van der Waals surface area contributed by atoms with Gasteiger partial charge < -0.3 is 5.32 Å². The minimum Gasteiger partial charge on any atom is -0.310 e. The lowest BCUT2D eigenvalue weighted by Crippen LogP contribution is -2.44. The fraction of sp³-hybridized carbons (Fsp3) is 1.00. The Balaban J connectivity index is 1.50. The largest absolute Gasteiger partial charge is 0.310 e. The summed E-state index contributed by atoms with van der Waals surface area (Å²) in [6.45, 7) is 7.53. The number of hydrogen-bond donors (Lipinski definition) is 1. The highest BCUT2D eigenvalue weighted by Crippen LogP contribution is 2.32. The lowest BCUT2D eigenvalue weighted by molar-refractivity contribution is 0.280. The Morgan fingerprint density at radius 2 is 1.79 bits per heavy atom. The van der Waals surface area contributed by atoms with Gasteiger partial charge in [0.2, 0.25) is 0 Å². The molecule has 2 heterocycles. The van der Waals surface area contributed by atoms with E-state index in [9.17, 15) is 0 Å². The lowest BCUT2D eigenvalue weighted by Gasteiger charge is -2.26. The highest BCUT2D eigenvalue weighted by Gasteiger charge is 2.37. The predicted molar refractivity (Wildman–Crippen MR) is 81.3 cm³/mol. The topological polar surface area (TPSA) is 15.3 Å². The second kappa shape index (κ2) is 6.13. The zero-order valence-electron chi connectivity index (χ0n) is 12.9. The van der Waals surface area contributed by atoms with Gasteiger partial charge in [0.15, 0.2) is 0 Å². The Hall–Kier alpha value is -0.0800. The van der Waals surface area contributed by atoms with Crippen molar-refractivity contribution < 1.29 is 0 Å². The van der Waals surface area contributed by atoms with Crippen LogP contribution in [0.4, 0.5) is 0 Å². The summed E-state index contributed by atoms with van der Waals surface area (Å²) in [5.74, 6) is 1.87. The molecule has 2 aliphatic heterocycles. The second-order valence-electron chi connectivity index (χ2n) is 7.52. The molecule has 2 heteroatoms. The molecular formula is C17H32N2. The van der Waals surface area contributed by atoms with Crippen LogP contribution in [0.5, 0.6) is 0 Å². The van der Waals surface area contributed by atoms with Gasteiger partial charge in [-0.15, -0.1) is 0 Å². The number of fused-ring (bicyclic) bond motifs is 1. The fourth-order valence-electron chi connectivity index (χ4n) is 4.74. The second-order valence-corrected chi connectivity index (χ2v) is 7.52. The molecule has 0 aromatic carbocycles. The van der Waals surface area contributed by atoms with Crippen LogP contribution in [0.25, 0.3) is 0 Å². The molecule has 110 valence electrons.